The molecular weight excluding hydrogens is 324 g/mol. The first-order valence-electron chi connectivity index (χ1n) is 7.43. The molecule has 0 aliphatic rings. The summed E-state index contributed by atoms with van der Waals surface area (Å²) in [5, 5.41) is 6.32. The maximum atomic E-state index is 11.3. The van der Waals surface area contributed by atoms with E-state index in [2.05, 4.69) is 33.8 Å². The molecule has 5 nitrogen and oxygen atoms in total. The second kappa shape index (κ2) is 7.75. The smallest absolute Gasteiger partial charge is 0.323 e. The molecule has 0 amide bonds. The van der Waals surface area contributed by atoms with Crippen LogP contribution in [-0.4, -0.2) is 15.8 Å². The number of hydrogen-bond acceptors (Lipinski definition) is 3. The van der Waals surface area contributed by atoms with Gasteiger partial charge in [-0.2, -0.15) is 0 Å². The zero-order valence-electron chi connectivity index (χ0n) is 13.8. The van der Waals surface area contributed by atoms with Crippen molar-refractivity contribution in [2.24, 2.45) is 0 Å². The summed E-state index contributed by atoms with van der Waals surface area (Å²) in [5.41, 5.74) is 4.95. The first-order chi connectivity index (χ1) is 11.4. The van der Waals surface area contributed by atoms with Crippen molar-refractivity contribution in [3.63, 3.8) is 0 Å². The van der Waals surface area contributed by atoms with Gasteiger partial charge in [0.1, 0.15) is 0 Å². The molecule has 1 aromatic carbocycles. The molecule has 0 atom stereocenters. The SMILES string of the molecule is C=C(N/C(C)=C/C=C(/C)C(=C)CCl)Nc1ccc2[nH]c(=O)[nH]c2c1. The van der Waals surface area contributed by atoms with Crippen molar-refractivity contribution in [2.45, 2.75) is 13.8 Å². The van der Waals surface area contributed by atoms with E-state index in [9.17, 15) is 4.79 Å². The predicted octanol–water partition coefficient (Wildman–Crippen LogP) is 3.97. The zero-order valence-corrected chi connectivity index (χ0v) is 14.6. The normalized spacial score (nSPS) is 12.3. The molecule has 0 bridgehead atoms. The number of imidazole rings is 1. The second-order valence-corrected chi connectivity index (χ2v) is 5.77. The molecule has 0 fully saturated rings. The van der Waals surface area contributed by atoms with Gasteiger partial charge in [-0.3, -0.25) is 0 Å². The summed E-state index contributed by atoms with van der Waals surface area (Å²) < 4.78 is 0. The molecule has 1 heterocycles. The monoisotopic (exact) mass is 344 g/mol. The van der Waals surface area contributed by atoms with Crippen molar-refractivity contribution >= 4 is 28.3 Å². The molecule has 126 valence electrons. The Balaban J connectivity index is 2.01. The molecular formula is C18H21ClN4O. The molecule has 2 aromatic rings. The number of allylic oxidation sites excluding steroid dienone is 5. The van der Waals surface area contributed by atoms with Crippen LogP contribution in [0.3, 0.4) is 0 Å². The van der Waals surface area contributed by atoms with Crippen LogP contribution in [0.1, 0.15) is 13.8 Å². The summed E-state index contributed by atoms with van der Waals surface area (Å²) in [6.45, 7) is 11.7. The lowest BCUT2D eigenvalue weighted by Crippen LogP contribution is -2.16. The average Bonchev–Trinajstić information content (AvgIpc) is 2.90. The van der Waals surface area contributed by atoms with Gasteiger partial charge in [0, 0.05) is 17.3 Å². The second-order valence-electron chi connectivity index (χ2n) is 5.50. The lowest BCUT2D eigenvalue weighted by atomic mass is 10.1. The van der Waals surface area contributed by atoms with E-state index >= 15 is 0 Å². The molecule has 0 saturated carbocycles. The van der Waals surface area contributed by atoms with E-state index in [1.54, 1.807) is 0 Å². The van der Waals surface area contributed by atoms with Gasteiger partial charge in [0.25, 0.3) is 0 Å². The third-order valence-corrected chi connectivity index (χ3v) is 3.78. The quantitative estimate of drug-likeness (QED) is 0.453. The number of H-pyrrole nitrogens is 2. The summed E-state index contributed by atoms with van der Waals surface area (Å²) >= 11 is 5.75. The fraction of sp³-hybridized carbons (Fsp3) is 0.167. The third kappa shape index (κ3) is 4.67. The van der Waals surface area contributed by atoms with Gasteiger partial charge >= 0.3 is 5.69 Å². The highest BCUT2D eigenvalue weighted by Gasteiger charge is 2.01. The summed E-state index contributed by atoms with van der Waals surface area (Å²) in [5.74, 6) is 1.05. The minimum atomic E-state index is -0.224. The van der Waals surface area contributed by atoms with Crippen molar-refractivity contribution in [1.82, 2.24) is 15.3 Å². The lowest BCUT2D eigenvalue weighted by molar-refractivity contribution is 0.980. The van der Waals surface area contributed by atoms with E-state index in [-0.39, 0.29) is 5.69 Å². The minimum absolute atomic E-state index is 0.224. The summed E-state index contributed by atoms with van der Waals surface area (Å²) in [7, 11) is 0. The number of alkyl halides is 1. The lowest BCUT2D eigenvalue weighted by Gasteiger charge is -2.12. The molecule has 0 spiro atoms. The number of aromatic amines is 2. The van der Waals surface area contributed by atoms with E-state index in [1.165, 1.54) is 0 Å². The molecule has 0 saturated heterocycles. The Morgan fingerprint density at radius 3 is 2.62 bits per heavy atom. The fourth-order valence-corrected chi connectivity index (χ4v) is 2.28. The van der Waals surface area contributed by atoms with Gasteiger partial charge in [-0.1, -0.05) is 19.2 Å². The van der Waals surface area contributed by atoms with Crippen molar-refractivity contribution in [1.29, 1.82) is 0 Å². The van der Waals surface area contributed by atoms with Crippen LogP contribution in [0.25, 0.3) is 11.0 Å². The van der Waals surface area contributed by atoms with Crippen LogP contribution in [-0.2, 0) is 0 Å². The van der Waals surface area contributed by atoms with Gasteiger partial charge in [-0.05, 0) is 49.3 Å². The number of anilines is 1. The number of nitrogens with one attached hydrogen (secondary N) is 4. The minimum Gasteiger partial charge on any atom is -0.346 e. The standard InChI is InChI=1S/C18H21ClN4O/c1-11(12(2)10-19)5-6-13(3)20-14(4)21-15-7-8-16-17(9-15)23-18(24)22-16/h5-9,20-21H,2,4,10H2,1,3H3,(H2,22,23,24)/b11-5-,13-6+. The van der Waals surface area contributed by atoms with Crippen molar-refractivity contribution in [2.75, 3.05) is 11.2 Å². The van der Waals surface area contributed by atoms with E-state index < -0.39 is 0 Å². The number of hydrogen-bond donors (Lipinski definition) is 4. The first kappa shape index (κ1) is 17.7. The van der Waals surface area contributed by atoms with Crippen molar-refractivity contribution < 1.29 is 0 Å². The summed E-state index contributed by atoms with van der Waals surface area (Å²) in [6.07, 6.45) is 3.89. The Kier molecular flexibility index (Phi) is 5.71. The van der Waals surface area contributed by atoms with Crippen LogP contribution in [0.5, 0.6) is 0 Å². The molecule has 0 aliphatic carbocycles. The number of rotatable bonds is 7. The number of aromatic nitrogens is 2. The fourth-order valence-electron chi connectivity index (χ4n) is 2.07. The Bertz CT molecular complexity index is 886. The third-order valence-electron chi connectivity index (χ3n) is 3.46. The predicted molar refractivity (Wildman–Crippen MR) is 102 cm³/mol. The van der Waals surface area contributed by atoms with Gasteiger partial charge in [0.05, 0.1) is 16.9 Å². The van der Waals surface area contributed by atoms with Crippen molar-refractivity contribution in [3.8, 4) is 0 Å². The van der Waals surface area contributed by atoms with E-state index in [0.29, 0.717) is 11.7 Å². The van der Waals surface area contributed by atoms with Gasteiger partial charge in [0.2, 0.25) is 0 Å². The molecule has 0 unspecified atom stereocenters. The van der Waals surface area contributed by atoms with E-state index in [0.717, 1.165) is 33.6 Å². The van der Waals surface area contributed by atoms with Gasteiger partial charge in [-0.25, -0.2) is 4.79 Å². The van der Waals surface area contributed by atoms with Crippen molar-refractivity contribution in [3.05, 3.63) is 76.7 Å². The highest BCUT2D eigenvalue weighted by molar-refractivity contribution is 6.19. The maximum absolute atomic E-state index is 11.3. The number of benzene rings is 1. The van der Waals surface area contributed by atoms with Crippen LogP contribution in [0.2, 0.25) is 0 Å². The largest absolute Gasteiger partial charge is 0.346 e. The number of fused-ring (bicyclic) bond motifs is 1. The number of halogens is 1. The van der Waals surface area contributed by atoms with Gasteiger partial charge in [0.15, 0.2) is 0 Å². The maximum Gasteiger partial charge on any atom is 0.323 e. The Morgan fingerprint density at radius 2 is 1.92 bits per heavy atom. The molecule has 24 heavy (non-hydrogen) atoms. The molecule has 2 rings (SSSR count). The topological polar surface area (TPSA) is 72.7 Å². The highest BCUT2D eigenvalue weighted by Crippen LogP contribution is 2.15. The van der Waals surface area contributed by atoms with Crippen LogP contribution >= 0.6 is 11.6 Å². The highest BCUT2D eigenvalue weighted by atomic mass is 35.5. The molecule has 6 heteroatoms. The molecule has 0 radical (unpaired) electrons. The van der Waals surface area contributed by atoms with Gasteiger partial charge in [-0.15, -0.1) is 11.6 Å². The first-order valence-corrected chi connectivity index (χ1v) is 7.97. The van der Waals surface area contributed by atoms with Crippen LogP contribution in [0, 0.1) is 0 Å². The van der Waals surface area contributed by atoms with Gasteiger partial charge < -0.3 is 20.6 Å². The van der Waals surface area contributed by atoms with Crippen LogP contribution < -0.4 is 16.3 Å². The Morgan fingerprint density at radius 1 is 1.21 bits per heavy atom. The van der Waals surface area contributed by atoms with Crippen LogP contribution in [0.4, 0.5) is 5.69 Å². The average molecular weight is 345 g/mol. The molecule has 4 N–H and O–H groups in total. The summed E-state index contributed by atoms with van der Waals surface area (Å²) in [4.78, 5) is 16.7. The van der Waals surface area contributed by atoms with E-state index in [4.69, 9.17) is 11.6 Å². The summed E-state index contributed by atoms with van der Waals surface area (Å²) in [6, 6.07) is 5.54. The molecule has 0 aliphatic heterocycles. The van der Waals surface area contributed by atoms with Crippen LogP contribution in [0.15, 0.2) is 71.0 Å². The Labute approximate surface area is 145 Å². The zero-order chi connectivity index (χ0) is 17.7. The van der Waals surface area contributed by atoms with E-state index in [1.807, 2.05) is 44.2 Å². The molecule has 1 aromatic heterocycles. The Hall–Kier alpha value is -2.66.